The van der Waals surface area contributed by atoms with Crippen LogP contribution < -0.4 is 14.8 Å². The van der Waals surface area contributed by atoms with Crippen LogP contribution >= 0.6 is 0 Å². The molecule has 0 fully saturated rings. The molecule has 0 saturated carbocycles. The quantitative estimate of drug-likeness (QED) is 0.689. The highest BCUT2D eigenvalue weighted by atomic mass is 32.2. The van der Waals surface area contributed by atoms with Crippen LogP contribution in [0.15, 0.2) is 59.5 Å². The van der Waals surface area contributed by atoms with Crippen LogP contribution in [0.1, 0.15) is 25.8 Å². The Kier molecular flexibility index (Phi) is 7.38. The number of aryl methyl sites for hydroxylation is 1. The number of nitrogens with one attached hydrogen (secondary N) is 2. The molecule has 146 valence electrons. The Labute approximate surface area is 161 Å². The zero-order chi connectivity index (χ0) is 19.9. The number of sulfonamides is 1. The molecule has 0 bridgehead atoms. The molecule has 2 aromatic rings. The number of carbonyl (C=O) groups is 1. The second-order valence-electron chi connectivity index (χ2n) is 6.39. The van der Waals surface area contributed by atoms with E-state index in [0.717, 1.165) is 6.42 Å². The topological polar surface area (TPSA) is 84.5 Å². The third kappa shape index (κ3) is 6.37. The van der Waals surface area contributed by atoms with Gasteiger partial charge in [0.2, 0.25) is 10.0 Å². The van der Waals surface area contributed by atoms with Crippen LogP contribution in [0, 0.1) is 0 Å². The Balaban J connectivity index is 1.94. The molecule has 2 atom stereocenters. The number of hydrogen-bond acceptors (Lipinski definition) is 4. The van der Waals surface area contributed by atoms with E-state index in [0.29, 0.717) is 12.2 Å². The van der Waals surface area contributed by atoms with E-state index in [1.807, 2.05) is 37.3 Å². The van der Waals surface area contributed by atoms with Gasteiger partial charge in [0.25, 0.3) is 5.91 Å². The van der Waals surface area contributed by atoms with Crippen LogP contribution in [0.3, 0.4) is 0 Å². The molecule has 0 saturated heterocycles. The molecule has 0 aliphatic heterocycles. The van der Waals surface area contributed by atoms with Crippen LogP contribution in [0.2, 0.25) is 0 Å². The van der Waals surface area contributed by atoms with Gasteiger partial charge in [-0.15, -0.1) is 0 Å². The van der Waals surface area contributed by atoms with Gasteiger partial charge in [-0.25, -0.2) is 13.1 Å². The molecule has 0 spiro atoms. The monoisotopic (exact) mass is 390 g/mol. The molecule has 6 nitrogen and oxygen atoms in total. The third-order valence-electron chi connectivity index (χ3n) is 4.13. The van der Waals surface area contributed by atoms with E-state index in [1.54, 1.807) is 19.1 Å². The van der Waals surface area contributed by atoms with Crippen molar-refractivity contribution >= 4 is 15.9 Å². The van der Waals surface area contributed by atoms with Crippen molar-refractivity contribution in [3.05, 3.63) is 60.2 Å². The minimum Gasteiger partial charge on any atom is -0.481 e. The van der Waals surface area contributed by atoms with Crippen molar-refractivity contribution in [1.29, 1.82) is 0 Å². The van der Waals surface area contributed by atoms with Crippen LogP contribution in [0.4, 0.5) is 0 Å². The van der Waals surface area contributed by atoms with Gasteiger partial charge in [0.05, 0.1) is 4.90 Å². The van der Waals surface area contributed by atoms with E-state index in [-0.39, 0.29) is 16.8 Å². The van der Waals surface area contributed by atoms with Crippen molar-refractivity contribution in [2.75, 3.05) is 7.05 Å². The minimum atomic E-state index is -3.61. The number of benzene rings is 2. The summed E-state index contributed by atoms with van der Waals surface area (Å²) >= 11 is 0. The summed E-state index contributed by atoms with van der Waals surface area (Å²) in [6.07, 6.45) is 0.844. The number of likely N-dealkylation sites (N-methyl/N-ethyl adjacent to an activating group) is 1. The predicted molar refractivity (Wildman–Crippen MR) is 105 cm³/mol. The molecule has 0 aliphatic carbocycles. The molecule has 2 rings (SSSR count). The van der Waals surface area contributed by atoms with Gasteiger partial charge in [0, 0.05) is 13.1 Å². The summed E-state index contributed by atoms with van der Waals surface area (Å²) in [5, 5.41) is 2.50. The summed E-state index contributed by atoms with van der Waals surface area (Å²) < 4.78 is 33.2. The lowest BCUT2D eigenvalue weighted by molar-refractivity contribution is -0.126. The van der Waals surface area contributed by atoms with Crippen LogP contribution in [-0.4, -0.2) is 33.5 Å². The van der Waals surface area contributed by atoms with Crippen molar-refractivity contribution in [3.8, 4) is 5.75 Å². The summed E-state index contributed by atoms with van der Waals surface area (Å²) in [6, 6.07) is 15.8. The van der Waals surface area contributed by atoms with Gasteiger partial charge in [-0.3, -0.25) is 4.79 Å². The second kappa shape index (κ2) is 9.53. The lowest BCUT2D eigenvalue weighted by Crippen LogP contribution is -2.34. The Morgan fingerprint density at radius 2 is 1.67 bits per heavy atom. The highest BCUT2D eigenvalue weighted by molar-refractivity contribution is 7.89. The zero-order valence-electron chi connectivity index (χ0n) is 15.8. The molecule has 0 heterocycles. The number of carbonyl (C=O) groups excluding carboxylic acids is 1. The highest BCUT2D eigenvalue weighted by Crippen LogP contribution is 2.18. The average molecular weight is 391 g/mol. The fraction of sp³-hybridized carbons (Fsp3) is 0.350. The van der Waals surface area contributed by atoms with E-state index in [2.05, 4.69) is 10.0 Å². The maximum Gasteiger partial charge on any atom is 0.260 e. The molecule has 0 aliphatic rings. The Morgan fingerprint density at radius 1 is 1.04 bits per heavy atom. The first kappa shape index (κ1) is 20.9. The van der Waals surface area contributed by atoms with E-state index >= 15 is 0 Å². The Morgan fingerprint density at radius 3 is 2.26 bits per heavy atom. The summed E-state index contributed by atoms with van der Waals surface area (Å²) in [5.41, 5.74) is 1.18. The van der Waals surface area contributed by atoms with E-state index in [4.69, 9.17) is 4.74 Å². The van der Waals surface area contributed by atoms with Crippen molar-refractivity contribution in [2.45, 2.75) is 43.7 Å². The van der Waals surface area contributed by atoms with Gasteiger partial charge in [-0.2, -0.15) is 0 Å². The average Bonchev–Trinajstić information content (AvgIpc) is 2.66. The largest absolute Gasteiger partial charge is 0.481 e. The molecular formula is C20H26N2O4S. The van der Waals surface area contributed by atoms with Crippen molar-refractivity contribution in [3.63, 3.8) is 0 Å². The highest BCUT2D eigenvalue weighted by Gasteiger charge is 2.18. The van der Waals surface area contributed by atoms with Crippen LogP contribution in [0.25, 0.3) is 0 Å². The molecule has 7 heteroatoms. The van der Waals surface area contributed by atoms with E-state index in [1.165, 1.54) is 24.7 Å². The van der Waals surface area contributed by atoms with Crippen LogP contribution in [-0.2, 0) is 21.2 Å². The molecular weight excluding hydrogens is 364 g/mol. The van der Waals surface area contributed by atoms with E-state index in [9.17, 15) is 13.2 Å². The molecule has 0 unspecified atom stereocenters. The zero-order valence-corrected chi connectivity index (χ0v) is 16.6. The fourth-order valence-corrected chi connectivity index (χ4v) is 3.86. The first-order valence-corrected chi connectivity index (χ1v) is 10.3. The van der Waals surface area contributed by atoms with Gasteiger partial charge >= 0.3 is 0 Å². The van der Waals surface area contributed by atoms with Gasteiger partial charge in [-0.05, 0) is 56.5 Å². The number of ether oxygens (including phenoxy) is 1. The minimum absolute atomic E-state index is 0.161. The number of rotatable bonds is 9. The Hall–Kier alpha value is -2.38. The van der Waals surface area contributed by atoms with Gasteiger partial charge in [0.1, 0.15) is 5.75 Å². The van der Waals surface area contributed by atoms with Crippen molar-refractivity contribution in [2.24, 2.45) is 0 Å². The molecule has 0 aromatic heterocycles. The molecule has 2 aromatic carbocycles. The Bertz CT molecular complexity index is 836. The standard InChI is InChI=1S/C20H26N2O4S/c1-15(9-10-17-7-5-4-6-8-17)22-27(24,25)19-13-11-18(12-14-19)26-16(2)20(23)21-3/h4-8,11-16,22H,9-10H2,1-3H3,(H,21,23)/t15-,16+/m1/s1. The number of hydrogen-bond donors (Lipinski definition) is 2. The first-order valence-electron chi connectivity index (χ1n) is 8.86. The maximum atomic E-state index is 12.5. The van der Waals surface area contributed by atoms with Crippen molar-refractivity contribution < 1.29 is 17.9 Å². The summed E-state index contributed by atoms with van der Waals surface area (Å²) in [6.45, 7) is 3.47. The van der Waals surface area contributed by atoms with Crippen LogP contribution in [0.5, 0.6) is 5.75 Å². The fourth-order valence-electron chi connectivity index (χ4n) is 2.58. The second-order valence-corrected chi connectivity index (χ2v) is 8.11. The number of amides is 1. The van der Waals surface area contributed by atoms with Gasteiger partial charge in [-0.1, -0.05) is 30.3 Å². The summed E-state index contributed by atoms with van der Waals surface area (Å²) in [7, 11) is -2.08. The van der Waals surface area contributed by atoms with Gasteiger partial charge in [0.15, 0.2) is 6.10 Å². The predicted octanol–water partition coefficient (Wildman–Crippen LogP) is 2.50. The normalized spacial score (nSPS) is 13.6. The van der Waals surface area contributed by atoms with E-state index < -0.39 is 16.1 Å². The molecule has 27 heavy (non-hydrogen) atoms. The first-order chi connectivity index (χ1) is 12.8. The molecule has 2 N–H and O–H groups in total. The summed E-state index contributed by atoms with van der Waals surface area (Å²) in [4.78, 5) is 11.6. The lowest BCUT2D eigenvalue weighted by Gasteiger charge is -2.16. The van der Waals surface area contributed by atoms with Gasteiger partial charge < -0.3 is 10.1 Å². The lowest BCUT2D eigenvalue weighted by atomic mass is 10.1. The SMILES string of the molecule is CNC(=O)[C@H](C)Oc1ccc(S(=O)(=O)N[C@H](C)CCc2ccccc2)cc1. The molecule has 0 radical (unpaired) electrons. The third-order valence-corrected chi connectivity index (χ3v) is 5.73. The summed E-state index contributed by atoms with van der Waals surface area (Å²) in [5.74, 6) is 0.183. The maximum absolute atomic E-state index is 12.5. The smallest absolute Gasteiger partial charge is 0.260 e. The van der Waals surface area contributed by atoms with Crippen molar-refractivity contribution in [1.82, 2.24) is 10.0 Å². The molecule has 1 amide bonds.